The van der Waals surface area contributed by atoms with Crippen LogP contribution in [0.15, 0.2) is 42.6 Å². The Morgan fingerprint density at radius 2 is 1.78 bits per heavy atom. The summed E-state index contributed by atoms with van der Waals surface area (Å²) < 4.78 is 0. The van der Waals surface area contributed by atoms with E-state index >= 15 is 0 Å². The van der Waals surface area contributed by atoms with Crippen LogP contribution in [-0.4, -0.2) is 38.2 Å². The van der Waals surface area contributed by atoms with Crippen molar-refractivity contribution < 1.29 is 0 Å². The third kappa shape index (κ3) is 4.09. The summed E-state index contributed by atoms with van der Waals surface area (Å²) in [4.78, 5) is 10.8. The molecule has 0 aliphatic carbocycles. The Labute approximate surface area is 190 Å². The topological polar surface area (TPSA) is 60.6 Å². The van der Waals surface area contributed by atoms with E-state index in [1.54, 1.807) is 0 Å². The molecule has 0 radical (unpaired) electrons. The van der Waals surface area contributed by atoms with Crippen LogP contribution >= 0.6 is 0 Å². The van der Waals surface area contributed by atoms with E-state index < -0.39 is 0 Å². The molecule has 5 heteroatoms. The normalized spacial score (nSPS) is 15.8. The molecule has 0 bridgehead atoms. The zero-order valence-electron chi connectivity index (χ0n) is 19.6. The molecule has 0 amide bonds. The number of H-pyrrole nitrogens is 2. The molecule has 1 saturated heterocycles. The number of piperidine rings is 1. The molecule has 0 spiro atoms. The lowest BCUT2D eigenvalue weighted by Crippen LogP contribution is -2.32. The van der Waals surface area contributed by atoms with Gasteiger partial charge in [-0.25, -0.2) is 0 Å². The summed E-state index contributed by atoms with van der Waals surface area (Å²) in [6, 6.07) is 13.5. The van der Waals surface area contributed by atoms with Gasteiger partial charge in [-0.05, 0) is 93.1 Å². The molecule has 32 heavy (non-hydrogen) atoms. The van der Waals surface area contributed by atoms with Gasteiger partial charge in [0.15, 0.2) is 0 Å². The number of rotatable bonds is 5. The van der Waals surface area contributed by atoms with E-state index in [1.807, 2.05) is 6.20 Å². The molecule has 5 nitrogen and oxygen atoms in total. The first-order valence-corrected chi connectivity index (χ1v) is 11.8. The van der Waals surface area contributed by atoms with E-state index in [0.29, 0.717) is 11.8 Å². The number of benzene rings is 1. The fraction of sp³-hybridized carbons (Fsp3) is 0.407. The van der Waals surface area contributed by atoms with Crippen molar-refractivity contribution >= 4 is 10.9 Å². The Morgan fingerprint density at radius 3 is 2.44 bits per heavy atom. The van der Waals surface area contributed by atoms with Crippen molar-refractivity contribution in [3.8, 4) is 11.3 Å². The van der Waals surface area contributed by atoms with Crippen molar-refractivity contribution in [2.45, 2.75) is 58.9 Å². The molecule has 1 fully saturated rings. The number of aromatic nitrogens is 4. The van der Waals surface area contributed by atoms with Gasteiger partial charge in [0.2, 0.25) is 0 Å². The Bertz CT molecular complexity index is 1190. The molecule has 4 heterocycles. The van der Waals surface area contributed by atoms with E-state index in [9.17, 15) is 0 Å². The maximum atomic E-state index is 4.57. The predicted octanol–water partition coefficient (Wildman–Crippen LogP) is 6.07. The van der Waals surface area contributed by atoms with Crippen LogP contribution in [0.3, 0.4) is 0 Å². The van der Waals surface area contributed by atoms with Gasteiger partial charge >= 0.3 is 0 Å². The van der Waals surface area contributed by atoms with E-state index in [4.69, 9.17) is 0 Å². The number of likely N-dealkylation sites (tertiary alicyclic amines) is 1. The number of pyridine rings is 1. The van der Waals surface area contributed by atoms with Crippen LogP contribution in [-0.2, 0) is 6.54 Å². The lowest BCUT2D eigenvalue weighted by molar-refractivity contribution is 0.202. The Morgan fingerprint density at radius 1 is 1.03 bits per heavy atom. The third-order valence-corrected chi connectivity index (χ3v) is 6.82. The predicted molar refractivity (Wildman–Crippen MR) is 131 cm³/mol. The van der Waals surface area contributed by atoms with Gasteiger partial charge in [0, 0.05) is 46.3 Å². The standard InChI is InChI=1S/C27H33N5/c1-17(2)26-24-15-21(20-8-11-32(12-9-20)16-23-7-10-28-31-23)5-6-25(24)30-27(26)22-13-18(3)29-19(4)14-22/h5-7,10,13-15,17,20,30H,8-9,11-12,16H2,1-4H3,(H,28,31). The van der Waals surface area contributed by atoms with Gasteiger partial charge in [0.05, 0.1) is 5.69 Å². The molecule has 2 N–H and O–H groups in total. The summed E-state index contributed by atoms with van der Waals surface area (Å²) >= 11 is 0. The van der Waals surface area contributed by atoms with E-state index in [0.717, 1.165) is 31.0 Å². The molecular weight excluding hydrogens is 394 g/mol. The maximum Gasteiger partial charge on any atom is 0.0501 e. The van der Waals surface area contributed by atoms with Crippen LogP contribution < -0.4 is 0 Å². The summed E-state index contributed by atoms with van der Waals surface area (Å²) in [6.07, 6.45) is 4.25. The Hall–Kier alpha value is -2.92. The largest absolute Gasteiger partial charge is 0.354 e. The zero-order valence-corrected chi connectivity index (χ0v) is 19.6. The number of aromatic amines is 2. The second-order valence-corrected chi connectivity index (χ2v) is 9.64. The molecule has 0 unspecified atom stereocenters. The summed E-state index contributed by atoms with van der Waals surface area (Å²) in [5, 5.41) is 8.54. The minimum Gasteiger partial charge on any atom is -0.354 e. The third-order valence-electron chi connectivity index (χ3n) is 6.82. The molecule has 1 aromatic carbocycles. The van der Waals surface area contributed by atoms with Gasteiger partial charge < -0.3 is 4.98 Å². The molecule has 0 saturated carbocycles. The van der Waals surface area contributed by atoms with Crippen molar-refractivity contribution in [1.29, 1.82) is 0 Å². The summed E-state index contributed by atoms with van der Waals surface area (Å²) in [7, 11) is 0. The van der Waals surface area contributed by atoms with Crippen molar-refractivity contribution in [1.82, 2.24) is 25.1 Å². The first-order valence-electron chi connectivity index (χ1n) is 11.8. The van der Waals surface area contributed by atoms with Crippen molar-refractivity contribution in [2.75, 3.05) is 13.1 Å². The second-order valence-electron chi connectivity index (χ2n) is 9.64. The number of hydrogen-bond acceptors (Lipinski definition) is 3. The highest BCUT2D eigenvalue weighted by Gasteiger charge is 2.23. The molecular formula is C27H33N5. The van der Waals surface area contributed by atoms with Gasteiger partial charge in [-0.2, -0.15) is 5.10 Å². The van der Waals surface area contributed by atoms with Crippen LogP contribution in [0.5, 0.6) is 0 Å². The highest BCUT2D eigenvalue weighted by atomic mass is 15.2. The molecule has 5 rings (SSSR count). The smallest absolute Gasteiger partial charge is 0.0501 e. The van der Waals surface area contributed by atoms with Crippen molar-refractivity contribution in [3.63, 3.8) is 0 Å². The molecule has 4 aromatic rings. The molecule has 1 aliphatic rings. The average Bonchev–Trinajstić information content (AvgIpc) is 3.40. The summed E-state index contributed by atoms with van der Waals surface area (Å²) in [5.74, 6) is 1.07. The fourth-order valence-electron chi connectivity index (χ4n) is 5.33. The van der Waals surface area contributed by atoms with Crippen LogP contribution in [0.1, 0.15) is 66.7 Å². The molecule has 166 valence electrons. The lowest BCUT2D eigenvalue weighted by atomic mass is 9.87. The average molecular weight is 428 g/mol. The van der Waals surface area contributed by atoms with E-state index in [-0.39, 0.29) is 0 Å². The van der Waals surface area contributed by atoms with Crippen LogP contribution in [0.4, 0.5) is 0 Å². The molecule has 3 aromatic heterocycles. The first-order chi connectivity index (χ1) is 15.5. The summed E-state index contributed by atoms with van der Waals surface area (Å²) in [5.41, 5.74) is 9.95. The molecule has 1 aliphatic heterocycles. The SMILES string of the molecule is Cc1cc(-c2[nH]c3ccc(C4CCN(Cc5ccn[nH]5)CC4)cc3c2C(C)C)cc(C)n1. The molecule has 0 atom stereocenters. The maximum absolute atomic E-state index is 4.57. The number of fused-ring (bicyclic) bond motifs is 1. The van der Waals surface area contributed by atoms with E-state index in [1.165, 1.54) is 51.8 Å². The highest BCUT2D eigenvalue weighted by Crippen LogP contribution is 2.38. The number of nitrogens with zero attached hydrogens (tertiary/aromatic N) is 3. The van der Waals surface area contributed by atoms with Crippen LogP contribution in [0.2, 0.25) is 0 Å². The lowest BCUT2D eigenvalue weighted by Gasteiger charge is -2.31. The minimum atomic E-state index is 0.444. The number of nitrogens with one attached hydrogen (secondary N) is 2. The van der Waals surface area contributed by atoms with Gasteiger partial charge in [0.1, 0.15) is 0 Å². The van der Waals surface area contributed by atoms with Crippen molar-refractivity contribution in [3.05, 3.63) is 70.8 Å². The van der Waals surface area contributed by atoms with Gasteiger partial charge in [-0.1, -0.05) is 19.9 Å². The van der Waals surface area contributed by atoms with Crippen molar-refractivity contribution in [2.24, 2.45) is 0 Å². The number of hydrogen-bond donors (Lipinski definition) is 2. The van der Waals surface area contributed by atoms with Crippen LogP contribution in [0, 0.1) is 13.8 Å². The fourth-order valence-corrected chi connectivity index (χ4v) is 5.33. The quantitative estimate of drug-likeness (QED) is 0.406. The Kier molecular flexibility index (Phi) is 5.60. The Balaban J connectivity index is 1.43. The monoisotopic (exact) mass is 427 g/mol. The van der Waals surface area contributed by atoms with Gasteiger partial charge in [-0.15, -0.1) is 0 Å². The second kappa shape index (κ2) is 8.55. The van der Waals surface area contributed by atoms with E-state index in [2.05, 4.69) is 89.2 Å². The van der Waals surface area contributed by atoms with Gasteiger partial charge in [0.25, 0.3) is 0 Å². The van der Waals surface area contributed by atoms with Crippen LogP contribution in [0.25, 0.3) is 22.2 Å². The minimum absolute atomic E-state index is 0.444. The van der Waals surface area contributed by atoms with Gasteiger partial charge in [-0.3, -0.25) is 15.0 Å². The summed E-state index contributed by atoms with van der Waals surface area (Å²) in [6.45, 7) is 12.0. The highest BCUT2D eigenvalue weighted by molar-refractivity contribution is 5.92. The first kappa shape index (κ1) is 21.0. The number of aryl methyl sites for hydroxylation is 2. The zero-order chi connectivity index (χ0) is 22.2.